The third-order valence-electron chi connectivity index (χ3n) is 10.9. The Morgan fingerprint density at radius 2 is 0.745 bits per heavy atom. The Morgan fingerprint density at radius 3 is 1.42 bits per heavy atom. The van der Waals surface area contributed by atoms with Crippen LogP contribution in [-0.2, 0) is 0 Å². The second-order valence-corrected chi connectivity index (χ2v) is 14.1. The van der Waals surface area contributed by atoms with Crippen molar-refractivity contribution in [2.75, 3.05) is 0 Å². The highest BCUT2D eigenvalue weighted by atomic mass is 16.3. The summed E-state index contributed by atoms with van der Waals surface area (Å²) in [5, 5.41) is 8.55. The lowest BCUT2D eigenvalue weighted by Gasteiger charge is -2.12. The van der Waals surface area contributed by atoms with Gasteiger partial charge in [-0.3, -0.25) is 0 Å². The maximum absolute atomic E-state index is 6.66. The number of aromatic nitrogens is 2. The molecule has 9 aromatic carbocycles. The first-order valence-electron chi connectivity index (χ1n) is 18.6. The van der Waals surface area contributed by atoms with Gasteiger partial charge >= 0.3 is 0 Å². The number of hydrogen-bond donors (Lipinski definition) is 0. The van der Waals surface area contributed by atoms with Crippen molar-refractivity contribution in [3.05, 3.63) is 194 Å². The molecule has 0 saturated carbocycles. The number of nitrogens with zero attached hydrogens (tertiary/aromatic N) is 2. The fourth-order valence-corrected chi connectivity index (χ4v) is 8.15. The van der Waals surface area contributed by atoms with Crippen molar-refractivity contribution in [1.29, 1.82) is 0 Å². The Labute approximate surface area is 317 Å². The topological polar surface area (TPSA) is 38.9 Å². The van der Waals surface area contributed by atoms with Gasteiger partial charge in [-0.1, -0.05) is 170 Å². The number of benzene rings is 9. The summed E-state index contributed by atoms with van der Waals surface area (Å²) in [6.45, 7) is 0. The normalized spacial score (nSPS) is 11.6. The largest absolute Gasteiger partial charge is 0.452 e. The molecule has 0 fully saturated rings. The standard InChI is InChI=1S/C52H32N2O/c1-3-12-33(13-4-1)34-22-24-35(25-23-34)39-27-29-46-48(32-39)55-51-49(36-14-5-2-6-15-36)53-52(54-50(46)51)40-17-11-16-37(30-40)38-26-28-45-43-20-8-7-18-41(43)42-19-9-10-21-44(42)47(45)31-38/h1-32H. The fraction of sp³-hybridized carbons (Fsp3) is 0. The van der Waals surface area contributed by atoms with Crippen LogP contribution in [0.25, 0.3) is 110 Å². The first-order valence-corrected chi connectivity index (χ1v) is 18.6. The quantitative estimate of drug-likeness (QED) is 0.168. The zero-order chi connectivity index (χ0) is 36.3. The Hall–Kier alpha value is -7.36. The molecule has 0 bridgehead atoms. The zero-order valence-electron chi connectivity index (χ0n) is 29.8. The molecule has 0 N–H and O–H groups in total. The average molecular weight is 701 g/mol. The summed E-state index contributed by atoms with van der Waals surface area (Å²) >= 11 is 0. The highest BCUT2D eigenvalue weighted by molar-refractivity contribution is 6.25. The summed E-state index contributed by atoms with van der Waals surface area (Å²) in [7, 11) is 0. The minimum Gasteiger partial charge on any atom is -0.452 e. The molecule has 0 aliphatic carbocycles. The molecule has 3 nitrogen and oxygen atoms in total. The van der Waals surface area contributed by atoms with E-state index >= 15 is 0 Å². The van der Waals surface area contributed by atoms with Gasteiger partial charge in [0.15, 0.2) is 11.4 Å². The van der Waals surface area contributed by atoms with Crippen LogP contribution in [0.15, 0.2) is 199 Å². The molecule has 11 rings (SSSR count). The molecule has 3 heteroatoms. The van der Waals surface area contributed by atoms with E-state index in [1.54, 1.807) is 0 Å². The van der Waals surface area contributed by atoms with Gasteiger partial charge < -0.3 is 4.42 Å². The molecule has 2 heterocycles. The van der Waals surface area contributed by atoms with Crippen molar-refractivity contribution in [1.82, 2.24) is 9.97 Å². The number of furan rings is 1. The van der Waals surface area contributed by atoms with Gasteiger partial charge in [-0.15, -0.1) is 0 Å². The third-order valence-corrected chi connectivity index (χ3v) is 10.9. The van der Waals surface area contributed by atoms with Gasteiger partial charge in [0.05, 0.1) is 0 Å². The molecular formula is C52H32N2O. The molecule has 0 unspecified atom stereocenters. The summed E-state index contributed by atoms with van der Waals surface area (Å²) in [4.78, 5) is 10.4. The van der Waals surface area contributed by atoms with Crippen LogP contribution in [0.2, 0.25) is 0 Å². The van der Waals surface area contributed by atoms with E-state index in [1.807, 2.05) is 24.3 Å². The Morgan fingerprint density at radius 1 is 0.291 bits per heavy atom. The van der Waals surface area contributed by atoms with E-state index in [-0.39, 0.29) is 0 Å². The van der Waals surface area contributed by atoms with Gasteiger partial charge in [0, 0.05) is 16.5 Å². The molecule has 0 aliphatic rings. The molecule has 0 saturated heterocycles. The summed E-state index contributed by atoms with van der Waals surface area (Å²) in [5.41, 5.74) is 11.9. The lowest BCUT2D eigenvalue weighted by Crippen LogP contribution is -1.94. The van der Waals surface area contributed by atoms with E-state index in [1.165, 1.54) is 43.4 Å². The second kappa shape index (κ2) is 12.6. The minimum absolute atomic E-state index is 0.661. The van der Waals surface area contributed by atoms with Gasteiger partial charge in [-0.2, -0.15) is 0 Å². The number of fused-ring (bicyclic) bond motifs is 9. The molecule has 55 heavy (non-hydrogen) atoms. The van der Waals surface area contributed by atoms with Gasteiger partial charge in [-0.25, -0.2) is 9.97 Å². The molecular weight excluding hydrogens is 669 g/mol. The van der Waals surface area contributed by atoms with Crippen LogP contribution >= 0.6 is 0 Å². The monoisotopic (exact) mass is 700 g/mol. The van der Waals surface area contributed by atoms with Crippen molar-refractivity contribution >= 4 is 54.4 Å². The van der Waals surface area contributed by atoms with Crippen molar-refractivity contribution in [3.8, 4) is 56.0 Å². The van der Waals surface area contributed by atoms with E-state index in [4.69, 9.17) is 14.4 Å². The van der Waals surface area contributed by atoms with Gasteiger partial charge in [0.1, 0.15) is 16.8 Å². The third kappa shape index (κ3) is 5.28. The van der Waals surface area contributed by atoms with Crippen LogP contribution in [0.1, 0.15) is 0 Å². The molecule has 2 aromatic heterocycles. The molecule has 11 aromatic rings. The second-order valence-electron chi connectivity index (χ2n) is 14.1. The van der Waals surface area contributed by atoms with Crippen molar-refractivity contribution in [3.63, 3.8) is 0 Å². The minimum atomic E-state index is 0.661. The Balaban J connectivity index is 1.03. The summed E-state index contributed by atoms with van der Waals surface area (Å²) in [6, 6.07) is 68.7. The maximum atomic E-state index is 6.66. The van der Waals surface area contributed by atoms with Crippen LogP contribution in [0.3, 0.4) is 0 Å². The molecule has 0 atom stereocenters. The van der Waals surface area contributed by atoms with Crippen LogP contribution < -0.4 is 0 Å². The van der Waals surface area contributed by atoms with Gasteiger partial charge in [0.25, 0.3) is 0 Å². The van der Waals surface area contributed by atoms with Gasteiger partial charge in [0.2, 0.25) is 0 Å². The lowest BCUT2D eigenvalue weighted by atomic mass is 9.92. The van der Waals surface area contributed by atoms with E-state index in [0.29, 0.717) is 11.4 Å². The SMILES string of the molecule is c1ccc(-c2ccc(-c3ccc4c(c3)oc3c(-c5ccccc5)nc(-c5cccc(-c6ccc7c8ccccc8c8ccccc8c7c6)c5)nc34)cc2)cc1. The van der Waals surface area contributed by atoms with E-state index in [9.17, 15) is 0 Å². The van der Waals surface area contributed by atoms with E-state index in [2.05, 4.69) is 170 Å². The maximum Gasteiger partial charge on any atom is 0.180 e. The molecule has 256 valence electrons. The fourth-order valence-electron chi connectivity index (χ4n) is 8.15. The smallest absolute Gasteiger partial charge is 0.180 e. The van der Waals surface area contributed by atoms with E-state index < -0.39 is 0 Å². The Kier molecular flexibility index (Phi) is 7.17. The van der Waals surface area contributed by atoms with Crippen LogP contribution in [0.4, 0.5) is 0 Å². The number of rotatable bonds is 5. The first-order chi connectivity index (χ1) is 27.2. The van der Waals surface area contributed by atoms with Crippen molar-refractivity contribution in [2.24, 2.45) is 0 Å². The van der Waals surface area contributed by atoms with Crippen molar-refractivity contribution in [2.45, 2.75) is 0 Å². The van der Waals surface area contributed by atoms with Gasteiger partial charge in [-0.05, 0) is 90.0 Å². The van der Waals surface area contributed by atoms with Crippen LogP contribution in [-0.4, -0.2) is 9.97 Å². The highest BCUT2D eigenvalue weighted by Crippen LogP contribution is 2.40. The van der Waals surface area contributed by atoms with E-state index in [0.717, 1.165) is 55.6 Å². The first kappa shape index (κ1) is 31.2. The zero-order valence-corrected chi connectivity index (χ0v) is 29.8. The summed E-state index contributed by atoms with van der Waals surface area (Å²) in [6.07, 6.45) is 0. The van der Waals surface area contributed by atoms with Crippen molar-refractivity contribution < 1.29 is 4.42 Å². The Bertz CT molecular complexity index is 3200. The lowest BCUT2D eigenvalue weighted by molar-refractivity contribution is 0.667. The van der Waals surface area contributed by atoms with Crippen LogP contribution in [0.5, 0.6) is 0 Å². The molecule has 0 aliphatic heterocycles. The predicted molar refractivity (Wildman–Crippen MR) is 229 cm³/mol. The highest BCUT2D eigenvalue weighted by Gasteiger charge is 2.19. The predicted octanol–water partition coefficient (Wildman–Crippen LogP) is 14.2. The summed E-state index contributed by atoms with van der Waals surface area (Å²) < 4.78 is 6.66. The average Bonchev–Trinajstić information content (AvgIpc) is 3.65. The van der Waals surface area contributed by atoms with Crippen LogP contribution in [0, 0.1) is 0 Å². The summed E-state index contributed by atoms with van der Waals surface area (Å²) in [5.74, 6) is 0.661. The number of hydrogen-bond acceptors (Lipinski definition) is 3. The molecule has 0 amide bonds. The molecule has 0 spiro atoms. The molecule has 0 radical (unpaired) electrons.